The Labute approximate surface area is 86.1 Å². The van der Waals surface area contributed by atoms with Crippen LogP contribution >= 0.6 is 0 Å². The third kappa shape index (κ3) is 11.9. The summed E-state index contributed by atoms with van der Waals surface area (Å²) in [7, 11) is 2.99. The van der Waals surface area contributed by atoms with Crippen molar-refractivity contribution in [2.24, 2.45) is 0 Å². The fraction of sp³-hybridized carbons (Fsp3) is 0.818. The number of unbranched alkanes of at least 4 members (excludes halogenated alkanes) is 7. The van der Waals surface area contributed by atoms with Crippen LogP contribution in [0.3, 0.4) is 0 Å². The van der Waals surface area contributed by atoms with Gasteiger partial charge in [0.1, 0.15) is 0 Å². The van der Waals surface area contributed by atoms with Gasteiger partial charge in [-0.1, -0.05) is 38.2 Å². The molecule has 0 aliphatic carbocycles. The lowest BCUT2D eigenvalue weighted by atomic mass is 10.1. The average molecular weight is 197 g/mol. The second-order valence-corrected chi connectivity index (χ2v) is 3.69. The first-order valence-electron chi connectivity index (χ1n) is 5.31. The molecule has 0 aromatic carbocycles. The maximum Gasteiger partial charge on any atom is 0.246 e. The molecule has 0 unspecified atom stereocenters. The predicted molar refractivity (Wildman–Crippen MR) is 58.8 cm³/mol. The summed E-state index contributed by atoms with van der Waals surface area (Å²) in [6.45, 7) is 4.55. The zero-order chi connectivity index (χ0) is 9.78. The van der Waals surface area contributed by atoms with Gasteiger partial charge in [0.2, 0.25) is 10.5 Å². The van der Waals surface area contributed by atoms with E-state index in [0.29, 0.717) is 0 Å². The van der Waals surface area contributed by atoms with Gasteiger partial charge < -0.3 is 4.43 Å². The quantitative estimate of drug-likeness (QED) is 0.296. The van der Waals surface area contributed by atoms with Gasteiger partial charge in [-0.15, -0.1) is 6.58 Å². The Hall–Kier alpha value is -0.0831. The van der Waals surface area contributed by atoms with Crippen molar-refractivity contribution in [3.63, 3.8) is 0 Å². The number of hydrogen-bond acceptors (Lipinski definition) is 1. The van der Waals surface area contributed by atoms with Gasteiger partial charge in [0.05, 0.1) is 0 Å². The van der Waals surface area contributed by atoms with Crippen molar-refractivity contribution >= 4 is 10.5 Å². The Kier molecular flexibility index (Phi) is 11.8. The van der Waals surface area contributed by atoms with E-state index in [2.05, 4.69) is 17.1 Å². The Bertz CT molecular complexity index is 104. The molecule has 0 aliphatic rings. The molecule has 0 heterocycles. The fourth-order valence-corrected chi connectivity index (χ4v) is 1.49. The number of rotatable bonds is 10. The van der Waals surface area contributed by atoms with E-state index in [1.54, 1.807) is 0 Å². The Morgan fingerprint density at radius 2 is 1.46 bits per heavy atom. The highest BCUT2D eigenvalue weighted by Crippen LogP contribution is 2.08. The normalized spacial score (nSPS) is 10.2. The highest BCUT2D eigenvalue weighted by atomic mass is 28.2. The third-order valence-corrected chi connectivity index (χ3v) is 2.36. The van der Waals surface area contributed by atoms with Crippen LogP contribution in [0.4, 0.5) is 0 Å². The molecule has 75 valence electrons. The second-order valence-electron chi connectivity index (χ2n) is 3.40. The Morgan fingerprint density at radius 3 is 2.00 bits per heavy atom. The van der Waals surface area contributed by atoms with Crippen LogP contribution < -0.4 is 0 Å². The molecule has 0 spiro atoms. The first-order chi connectivity index (χ1) is 6.41. The van der Waals surface area contributed by atoms with Gasteiger partial charge in [-0.25, -0.2) is 0 Å². The van der Waals surface area contributed by atoms with E-state index in [9.17, 15) is 0 Å². The van der Waals surface area contributed by atoms with Crippen molar-refractivity contribution in [3.8, 4) is 0 Å². The average Bonchev–Trinajstić information content (AvgIpc) is 2.16. The summed E-state index contributed by atoms with van der Waals surface area (Å²) in [6.07, 6.45) is 12.4. The van der Waals surface area contributed by atoms with Gasteiger partial charge in [-0.3, -0.25) is 0 Å². The van der Waals surface area contributed by atoms with Crippen molar-refractivity contribution in [2.45, 2.75) is 51.4 Å². The van der Waals surface area contributed by atoms with Crippen molar-refractivity contribution < 1.29 is 4.43 Å². The molecule has 0 bridgehead atoms. The SMILES string of the molecule is C=CCCCCCCCCCO[Si]. The third-order valence-electron chi connectivity index (χ3n) is 2.15. The first-order valence-corrected chi connectivity index (χ1v) is 5.72. The summed E-state index contributed by atoms with van der Waals surface area (Å²) < 4.78 is 4.80. The molecule has 0 aliphatic heterocycles. The first kappa shape index (κ1) is 12.9. The van der Waals surface area contributed by atoms with Gasteiger partial charge in [0.15, 0.2) is 0 Å². The second kappa shape index (κ2) is 11.9. The zero-order valence-corrected chi connectivity index (χ0v) is 9.56. The molecule has 13 heavy (non-hydrogen) atoms. The van der Waals surface area contributed by atoms with Gasteiger partial charge in [-0.05, 0) is 19.3 Å². The molecule has 0 aromatic heterocycles. The lowest BCUT2D eigenvalue weighted by Crippen LogP contribution is -1.89. The summed E-state index contributed by atoms with van der Waals surface area (Å²) >= 11 is 0. The fourth-order valence-electron chi connectivity index (χ4n) is 1.35. The molecule has 0 N–H and O–H groups in total. The van der Waals surface area contributed by atoms with E-state index in [-0.39, 0.29) is 0 Å². The predicted octanol–water partition coefficient (Wildman–Crippen LogP) is 3.39. The molecule has 0 atom stereocenters. The molecular weight excluding hydrogens is 176 g/mol. The molecule has 2 heteroatoms. The molecule has 0 saturated carbocycles. The van der Waals surface area contributed by atoms with Gasteiger partial charge in [0, 0.05) is 6.61 Å². The van der Waals surface area contributed by atoms with E-state index >= 15 is 0 Å². The molecule has 0 fully saturated rings. The van der Waals surface area contributed by atoms with Crippen LogP contribution in [0.25, 0.3) is 0 Å². The largest absolute Gasteiger partial charge is 0.419 e. The summed E-state index contributed by atoms with van der Waals surface area (Å²) in [5.74, 6) is 0. The molecule has 3 radical (unpaired) electrons. The standard InChI is InChI=1S/C11H21OSi/c1-2-3-4-5-6-7-8-9-10-11-12-13/h2H,1,3-11H2. The monoisotopic (exact) mass is 197 g/mol. The maximum atomic E-state index is 4.80. The van der Waals surface area contributed by atoms with Crippen LogP contribution in [-0.4, -0.2) is 17.1 Å². The van der Waals surface area contributed by atoms with Crippen molar-refractivity contribution in [3.05, 3.63) is 12.7 Å². The molecule has 0 saturated heterocycles. The smallest absolute Gasteiger partial charge is 0.246 e. The summed E-state index contributed by atoms with van der Waals surface area (Å²) in [5, 5.41) is 0. The number of hydrogen-bond donors (Lipinski definition) is 0. The summed E-state index contributed by atoms with van der Waals surface area (Å²) in [4.78, 5) is 0. The minimum Gasteiger partial charge on any atom is -0.419 e. The van der Waals surface area contributed by atoms with Crippen LogP contribution in [0.15, 0.2) is 12.7 Å². The lowest BCUT2D eigenvalue weighted by Gasteiger charge is -2.00. The van der Waals surface area contributed by atoms with E-state index in [1.807, 2.05) is 6.08 Å². The molecule has 0 rings (SSSR count). The van der Waals surface area contributed by atoms with Crippen molar-refractivity contribution in [1.29, 1.82) is 0 Å². The van der Waals surface area contributed by atoms with Crippen molar-refractivity contribution in [2.75, 3.05) is 6.61 Å². The van der Waals surface area contributed by atoms with E-state index in [0.717, 1.165) is 6.61 Å². The molecule has 0 aromatic rings. The number of allylic oxidation sites excluding steroid dienone is 1. The summed E-state index contributed by atoms with van der Waals surface area (Å²) in [6, 6.07) is 0. The molecular formula is C11H21OSi. The van der Waals surface area contributed by atoms with E-state index in [1.165, 1.54) is 51.4 Å². The van der Waals surface area contributed by atoms with Crippen LogP contribution in [-0.2, 0) is 4.43 Å². The van der Waals surface area contributed by atoms with Crippen LogP contribution in [0.5, 0.6) is 0 Å². The Morgan fingerprint density at radius 1 is 0.923 bits per heavy atom. The van der Waals surface area contributed by atoms with Gasteiger partial charge >= 0.3 is 0 Å². The van der Waals surface area contributed by atoms with Crippen LogP contribution in [0.2, 0.25) is 0 Å². The van der Waals surface area contributed by atoms with E-state index in [4.69, 9.17) is 4.43 Å². The maximum absolute atomic E-state index is 4.80. The minimum atomic E-state index is 0.841. The van der Waals surface area contributed by atoms with Crippen LogP contribution in [0, 0.1) is 0 Å². The van der Waals surface area contributed by atoms with Crippen molar-refractivity contribution in [1.82, 2.24) is 0 Å². The van der Waals surface area contributed by atoms with E-state index < -0.39 is 0 Å². The molecule has 0 amide bonds. The van der Waals surface area contributed by atoms with Crippen LogP contribution in [0.1, 0.15) is 51.4 Å². The topological polar surface area (TPSA) is 9.23 Å². The highest BCUT2D eigenvalue weighted by molar-refractivity contribution is 5.97. The van der Waals surface area contributed by atoms with Gasteiger partial charge in [-0.2, -0.15) is 0 Å². The highest BCUT2D eigenvalue weighted by Gasteiger charge is 1.90. The molecule has 1 nitrogen and oxygen atoms in total. The zero-order valence-electron chi connectivity index (χ0n) is 8.56. The summed E-state index contributed by atoms with van der Waals surface area (Å²) in [5.41, 5.74) is 0. The Balaban J connectivity index is 2.79. The lowest BCUT2D eigenvalue weighted by molar-refractivity contribution is 0.332. The minimum absolute atomic E-state index is 0.841. The van der Waals surface area contributed by atoms with Gasteiger partial charge in [0.25, 0.3) is 0 Å².